The summed E-state index contributed by atoms with van der Waals surface area (Å²) in [5.41, 5.74) is 0. The van der Waals surface area contributed by atoms with E-state index in [1.165, 1.54) is 0 Å². The van der Waals surface area contributed by atoms with E-state index in [1.807, 2.05) is 6.92 Å². The number of hydrogen-bond donors (Lipinski definition) is 2. The number of hydrogen-bond acceptors (Lipinski definition) is 8. The standard InChI is InChI=1S/C5H8O3S2.C3H6OS2.C2H3BrO2.K/c1-2-8-5(9)10-3-4(6)7;1-2-4-3(5)6;3-1-2(4)5;/h2-3H2,1H3,(H,6,7);2H2,1H3,(H,5,6);1H2,(H,4,5);/q;;;+1/p-1. The van der Waals surface area contributed by atoms with Gasteiger partial charge in [-0.25, -0.2) is 0 Å². The molecular formula is C10H16BrKO6S4. The first-order valence-corrected chi connectivity index (χ1v) is 8.67. The average Bonchev–Trinajstić information content (AvgIpc) is 2.38. The fraction of sp³-hybridized carbons (Fsp3) is 0.600. The van der Waals surface area contributed by atoms with E-state index in [1.54, 1.807) is 6.92 Å². The molecular weight excluding hydrogens is 463 g/mol. The fourth-order valence-electron chi connectivity index (χ4n) is 0.398. The Balaban J connectivity index is -0.000000117. The van der Waals surface area contributed by atoms with Crippen LogP contribution < -0.4 is 51.4 Å². The Labute approximate surface area is 201 Å². The molecule has 0 aromatic heterocycles. The average molecular weight is 480 g/mol. The first-order chi connectivity index (χ1) is 9.70. The summed E-state index contributed by atoms with van der Waals surface area (Å²) in [7, 11) is 0. The zero-order valence-corrected chi connectivity index (χ0v) is 20.3. The quantitative estimate of drug-likeness (QED) is 0.232. The molecule has 12 heteroatoms. The molecule has 0 rings (SSSR count). The Bertz CT molecular complexity index is 333. The molecule has 0 aliphatic carbocycles. The Morgan fingerprint density at radius 3 is 1.73 bits per heavy atom. The van der Waals surface area contributed by atoms with Crippen LogP contribution in [0.4, 0.5) is 0 Å². The van der Waals surface area contributed by atoms with Gasteiger partial charge in [-0.2, -0.15) is 0 Å². The molecule has 0 bridgehead atoms. The van der Waals surface area contributed by atoms with E-state index in [4.69, 9.17) is 14.9 Å². The second kappa shape index (κ2) is 24.7. The second-order valence-corrected chi connectivity index (χ2v) is 5.71. The van der Waals surface area contributed by atoms with Crippen LogP contribution in [0.1, 0.15) is 13.8 Å². The molecule has 2 N–H and O–H groups in total. The van der Waals surface area contributed by atoms with Gasteiger partial charge in [0.1, 0.15) is 5.33 Å². The molecule has 124 valence electrons. The Morgan fingerprint density at radius 2 is 1.55 bits per heavy atom. The largest absolute Gasteiger partial charge is 1.00 e. The summed E-state index contributed by atoms with van der Waals surface area (Å²) in [6.45, 7) is 4.72. The molecule has 0 heterocycles. The summed E-state index contributed by atoms with van der Waals surface area (Å²) in [5, 5.41) is 15.9. The van der Waals surface area contributed by atoms with E-state index in [2.05, 4.69) is 57.7 Å². The molecule has 6 nitrogen and oxygen atoms in total. The number of aliphatic carboxylic acids is 2. The van der Waals surface area contributed by atoms with Crippen molar-refractivity contribution < 1.29 is 80.7 Å². The minimum atomic E-state index is -0.882. The van der Waals surface area contributed by atoms with Gasteiger partial charge in [0.2, 0.25) is 4.38 Å². The second-order valence-electron chi connectivity index (χ2n) is 2.58. The minimum absolute atomic E-state index is 0. The molecule has 0 aliphatic heterocycles. The molecule has 0 aromatic rings. The number of carbonyl (C=O) groups is 2. The van der Waals surface area contributed by atoms with Crippen molar-refractivity contribution in [2.24, 2.45) is 0 Å². The van der Waals surface area contributed by atoms with E-state index < -0.39 is 11.9 Å². The normalized spacial score (nSPS) is 7.77. The predicted molar refractivity (Wildman–Crippen MR) is 97.3 cm³/mol. The van der Waals surface area contributed by atoms with Crippen LogP contribution in [0.15, 0.2) is 0 Å². The van der Waals surface area contributed by atoms with Crippen LogP contribution in [0.3, 0.4) is 0 Å². The Hall–Kier alpha value is 1.41. The monoisotopic (exact) mass is 478 g/mol. The van der Waals surface area contributed by atoms with Gasteiger partial charge >= 0.3 is 63.3 Å². The zero-order chi connectivity index (χ0) is 17.3. The number of carboxylic acid groups (broad SMARTS) is 2. The summed E-state index contributed by atoms with van der Waals surface area (Å²) in [6.07, 6.45) is 0. The molecule has 0 spiro atoms. The van der Waals surface area contributed by atoms with Gasteiger partial charge in [-0.05, 0) is 26.1 Å². The van der Waals surface area contributed by atoms with E-state index in [0.717, 1.165) is 11.8 Å². The first kappa shape index (κ1) is 31.2. The van der Waals surface area contributed by atoms with Gasteiger partial charge in [0.15, 0.2) is 0 Å². The predicted octanol–water partition coefficient (Wildman–Crippen LogP) is -0.550. The Morgan fingerprint density at radius 1 is 1.14 bits per heavy atom. The Kier molecular flexibility index (Phi) is 35.0. The molecule has 0 saturated carbocycles. The van der Waals surface area contributed by atoms with E-state index in [9.17, 15) is 9.59 Å². The fourth-order valence-corrected chi connectivity index (χ4v) is 1.37. The molecule has 0 fully saturated rings. The topological polar surface area (TPSA) is 93.1 Å². The number of rotatable bonds is 5. The van der Waals surface area contributed by atoms with Crippen molar-refractivity contribution in [1.29, 1.82) is 0 Å². The van der Waals surface area contributed by atoms with Gasteiger partial charge in [0.25, 0.3) is 0 Å². The van der Waals surface area contributed by atoms with Crippen molar-refractivity contribution in [2.45, 2.75) is 13.8 Å². The zero-order valence-electron chi connectivity index (χ0n) is 12.4. The summed E-state index contributed by atoms with van der Waals surface area (Å²) < 4.78 is 9.91. The van der Waals surface area contributed by atoms with Crippen LogP contribution in [0, 0.1) is 0 Å². The van der Waals surface area contributed by atoms with Crippen LogP contribution in [0.25, 0.3) is 0 Å². The third-order valence-corrected chi connectivity index (χ3v) is 2.88. The van der Waals surface area contributed by atoms with Crippen LogP contribution in [-0.2, 0) is 31.7 Å². The SMILES string of the molecule is CCOC(=S)SCC(=O)O.CCOC(=S)[S-].O=C(O)CBr.[K+]. The van der Waals surface area contributed by atoms with E-state index in [-0.39, 0.29) is 66.9 Å². The first-order valence-electron chi connectivity index (χ1n) is 5.33. The van der Waals surface area contributed by atoms with Gasteiger partial charge in [-0.1, -0.05) is 27.7 Å². The van der Waals surface area contributed by atoms with Gasteiger partial charge in [0.05, 0.1) is 19.0 Å². The number of thiocarbonyl (C=S) groups is 2. The molecule has 0 saturated heterocycles. The van der Waals surface area contributed by atoms with Gasteiger partial charge in [-0.15, -0.1) is 0 Å². The van der Waals surface area contributed by atoms with Crippen molar-refractivity contribution in [1.82, 2.24) is 0 Å². The van der Waals surface area contributed by atoms with Crippen molar-refractivity contribution in [2.75, 3.05) is 24.3 Å². The maximum atomic E-state index is 9.97. The number of thioether (sulfide) groups is 1. The van der Waals surface area contributed by atoms with Crippen LogP contribution >= 0.6 is 52.1 Å². The molecule has 0 unspecified atom stereocenters. The van der Waals surface area contributed by atoms with Crippen molar-refractivity contribution in [3.8, 4) is 0 Å². The third-order valence-electron chi connectivity index (χ3n) is 0.952. The van der Waals surface area contributed by atoms with Crippen molar-refractivity contribution in [3.63, 3.8) is 0 Å². The molecule has 22 heavy (non-hydrogen) atoms. The van der Waals surface area contributed by atoms with E-state index in [0.29, 0.717) is 17.6 Å². The summed E-state index contributed by atoms with van der Waals surface area (Å²) in [6, 6.07) is 0. The maximum Gasteiger partial charge on any atom is 1.00 e. The summed E-state index contributed by atoms with van der Waals surface area (Å²) in [4.78, 5) is 19.3. The molecule has 0 aromatic carbocycles. The number of alkyl halides is 1. The van der Waals surface area contributed by atoms with Crippen LogP contribution in [-0.4, -0.2) is 55.2 Å². The van der Waals surface area contributed by atoms with Crippen molar-refractivity contribution in [3.05, 3.63) is 0 Å². The number of ether oxygens (including phenoxy) is 2. The van der Waals surface area contributed by atoms with Crippen LogP contribution in [0.5, 0.6) is 0 Å². The number of halogens is 1. The maximum absolute atomic E-state index is 9.97. The van der Waals surface area contributed by atoms with E-state index >= 15 is 0 Å². The van der Waals surface area contributed by atoms with Gasteiger partial charge in [-0.3, -0.25) is 9.59 Å². The molecule has 0 atom stereocenters. The van der Waals surface area contributed by atoms with Gasteiger partial charge < -0.3 is 44.5 Å². The molecule has 0 aliphatic rings. The van der Waals surface area contributed by atoms with Crippen LogP contribution in [0.2, 0.25) is 0 Å². The minimum Gasteiger partial charge on any atom is -0.514 e. The molecule has 0 amide bonds. The number of carboxylic acids is 2. The summed E-state index contributed by atoms with van der Waals surface area (Å²) >= 11 is 17.2. The molecule has 0 radical (unpaired) electrons. The third kappa shape index (κ3) is 43.0. The summed E-state index contributed by atoms with van der Waals surface area (Å²) in [5.74, 6) is -1.74. The smallest absolute Gasteiger partial charge is 0.514 e. The van der Waals surface area contributed by atoms with Crippen molar-refractivity contribution >= 4 is 85.5 Å². The van der Waals surface area contributed by atoms with Gasteiger partial charge in [0, 0.05) is 4.38 Å².